The van der Waals surface area contributed by atoms with Crippen LogP contribution in [0.1, 0.15) is 13.3 Å². The SMILES string of the molecule is CCC(=O)NNC(=O)C(N)=O. The highest BCUT2D eigenvalue weighted by Gasteiger charge is 2.07. The average molecular weight is 159 g/mol. The summed E-state index contributed by atoms with van der Waals surface area (Å²) >= 11 is 0. The minimum Gasteiger partial charge on any atom is -0.361 e. The molecule has 0 bridgehead atoms. The highest BCUT2D eigenvalue weighted by atomic mass is 16.2. The summed E-state index contributed by atoms with van der Waals surface area (Å²) in [5.74, 6) is -2.56. The third kappa shape index (κ3) is 3.90. The van der Waals surface area contributed by atoms with Crippen molar-refractivity contribution >= 4 is 17.7 Å². The first-order chi connectivity index (χ1) is 5.07. The Kier molecular flexibility index (Phi) is 3.65. The second kappa shape index (κ2) is 4.26. The zero-order valence-electron chi connectivity index (χ0n) is 6.01. The Morgan fingerprint density at radius 1 is 1.27 bits per heavy atom. The fraction of sp³-hybridized carbons (Fsp3) is 0.400. The number of nitrogens with two attached hydrogens (primary N) is 1. The van der Waals surface area contributed by atoms with Crippen molar-refractivity contribution in [2.75, 3.05) is 0 Å². The lowest BCUT2D eigenvalue weighted by Crippen LogP contribution is -2.46. The largest absolute Gasteiger partial charge is 0.361 e. The first-order valence-corrected chi connectivity index (χ1v) is 2.96. The summed E-state index contributed by atoms with van der Waals surface area (Å²) in [4.78, 5) is 30.9. The molecule has 0 saturated heterocycles. The van der Waals surface area contributed by atoms with Gasteiger partial charge in [-0.1, -0.05) is 6.92 Å². The van der Waals surface area contributed by atoms with Crippen molar-refractivity contribution in [2.45, 2.75) is 13.3 Å². The molecule has 0 radical (unpaired) electrons. The van der Waals surface area contributed by atoms with Crippen molar-refractivity contribution in [2.24, 2.45) is 5.73 Å². The van der Waals surface area contributed by atoms with Crippen molar-refractivity contribution in [1.29, 1.82) is 0 Å². The Morgan fingerprint density at radius 3 is 2.18 bits per heavy atom. The van der Waals surface area contributed by atoms with Gasteiger partial charge >= 0.3 is 11.8 Å². The van der Waals surface area contributed by atoms with Crippen molar-refractivity contribution in [1.82, 2.24) is 10.9 Å². The highest BCUT2D eigenvalue weighted by molar-refractivity contribution is 6.34. The van der Waals surface area contributed by atoms with Gasteiger partial charge in [-0.3, -0.25) is 25.2 Å². The molecule has 6 heteroatoms. The molecule has 0 unspecified atom stereocenters. The van der Waals surface area contributed by atoms with Gasteiger partial charge in [0.05, 0.1) is 0 Å². The summed E-state index contributed by atoms with van der Waals surface area (Å²) in [6.45, 7) is 1.60. The predicted molar refractivity (Wildman–Crippen MR) is 35.8 cm³/mol. The van der Waals surface area contributed by atoms with Crippen LogP contribution in [-0.2, 0) is 14.4 Å². The molecule has 0 aliphatic rings. The molecule has 3 amide bonds. The minimum absolute atomic E-state index is 0.221. The molecule has 0 aromatic rings. The third-order valence-electron chi connectivity index (χ3n) is 0.860. The van der Waals surface area contributed by atoms with E-state index in [1.54, 1.807) is 6.92 Å². The van der Waals surface area contributed by atoms with Gasteiger partial charge in [0.2, 0.25) is 5.91 Å². The lowest BCUT2D eigenvalue weighted by atomic mass is 10.5. The van der Waals surface area contributed by atoms with Gasteiger partial charge in [0.25, 0.3) is 0 Å². The number of hydrogen-bond donors (Lipinski definition) is 3. The van der Waals surface area contributed by atoms with Crippen LogP contribution in [0.15, 0.2) is 0 Å². The number of hydrazine groups is 1. The lowest BCUT2D eigenvalue weighted by molar-refractivity contribution is -0.139. The predicted octanol–water partition coefficient (Wildman–Crippen LogP) is -1.97. The molecule has 11 heavy (non-hydrogen) atoms. The zero-order valence-corrected chi connectivity index (χ0v) is 6.01. The molecule has 0 aromatic carbocycles. The molecule has 6 nitrogen and oxygen atoms in total. The molecule has 0 heterocycles. The third-order valence-corrected chi connectivity index (χ3v) is 0.860. The normalized spacial score (nSPS) is 8.45. The molecule has 0 fully saturated rings. The van der Waals surface area contributed by atoms with E-state index in [4.69, 9.17) is 0 Å². The van der Waals surface area contributed by atoms with Crippen molar-refractivity contribution in [3.8, 4) is 0 Å². The number of carbonyl (C=O) groups excluding carboxylic acids is 3. The second-order valence-electron chi connectivity index (χ2n) is 1.72. The van der Waals surface area contributed by atoms with E-state index < -0.39 is 11.8 Å². The van der Waals surface area contributed by atoms with Crippen LogP contribution in [0.4, 0.5) is 0 Å². The summed E-state index contributed by atoms with van der Waals surface area (Å²) < 4.78 is 0. The van der Waals surface area contributed by atoms with E-state index in [-0.39, 0.29) is 12.3 Å². The number of rotatable bonds is 1. The van der Waals surface area contributed by atoms with Gasteiger partial charge in [0, 0.05) is 6.42 Å². The summed E-state index contributed by atoms with van der Waals surface area (Å²) in [5.41, 5.74) is 8.36. The van der Waals surface area contributed by atoms with E-state index in [9.17, 15) is 14.4 Å². The molecule has 0 spiro atoms. The number of hydrogen-bond acceptors (Lipinski definition) is 3. The molecule has 0 aromatic heterocycles. The Labute approximate surface area is 63.1 Å². The first kappa shape index (κ1) is 9.41. The molecule has 62 valence electrons. The van der Waals surface area contributed by atoms with Crippen LogP contribution >= 0.6 is 0 Å². The van der Waals surface area contributed by atoms with Crippen molar-refractivity contribution in [3.05, 3.63) is 0 Å². The molecule has 0 atom stereocenters. The van der Waals surface area contributed by atoms with Crippen LogP contribution in [0.25, 0.3) is 0 Å². The Bertz CT molecular complexity index is 189. The Hall–Kier alpha value is -1.59. The van der Waals surface area contributed by atoms with Gasteiger partial charge in [-0.05, 0) is 0 Å². The van der Waals surface area contributed by atoms with E-state index in [2.05, 4.69) is 5.73 Å². The molecule has 0 aliphatic carbocycles. The van der Waals surface area contributed by atoms with Crippen LogP contribution in [-0.4, -0.2) is 17.7 Å². The Morgan fingerprint density at radius 2 is 1.82 bits per heavy atom. The molecular formula is C5H9N3O3. The van der Waals surface area contributed by atoms with Gasteiger partial charge in [0.15, 0.2) is 0 Å². The van der Waals surface area contributed by atoms with Crippen LogP contribution in [0.3, 0.4) is 0 Å². The van der Waals surface area contributed by atoms with Gasteiger partial charge in [-0.15, -0.1) is 0 Å². The highest BCUT2D eigenvalue weighted by Crippen LogP contribution is 1.70. The molecule has 4 N–H and O–H groups in total. The number of primary amides is 1. The summed E-state index contributed by atoms with van der Waals surface area (Å²) in [7, 11) is 0. The molecule has 0 saturated carbocycles. The maximum atomic E-state index is 10.5. The van der Waals surface area contributed by atoms with Crippen LogP contribution in [0.2, 0.25) is 0 Å². The van der Waals surface area contributed by atoms with Crippen molar-refractivity contribution < 1.29 is 14.4 Å². The smallest absolute Gasteiger partial charge is 0.327 e. The first-order valence-electron chi connectivity index (χ1n) is 2.96. The van der Waals surface area contributed by atoms with E-state index in [0.29, 0.717) is 0 Å². The van der Waals surface area contributed by atoms with Crippen LogP contribution < -0.4 is 16.6 Å². The average Bonchev–Trinajstić information content (AvgIpc) is 1.99. The monoisotopic (exact) mass is 159 g/mol. The Balaban J connectivity index is 3.63. The number of nitrogens with one attached hydrogen (secondary N) is 2. The standard InChI is InChI=1S/C5H9N3O3/c1-2-3(9)7-8-5(11)4(6)10/h2H2,1H3,(H2,6,10)(H,7,9)(H,8,11). The van der Waals surface area contributed by atoms with Gasteiger partial charge in [0.1, 0.15) is 0 Å². The fourth-order valence-corrected chi connectivity index (χ4v) is 0.276. The van der Waals surface area contributed by atoms with E-state index in [0.717, 1.165) is 0 Å². The quantitative estimate of drug-likeness (QED) is 0.305. The summed E-state index contributed by atoms with van der Waals surface area (Å²) in [6, 6.07) is 0. The topological polar surface area (TPSA) is 101 Å². The van der Waals surface area contributed by atoms with Crippen molar-refractivity contribution in [3.63, 3.8) is 0 Å². The van der Waals surface area contributed by atoms with Gasteiger partial charge in [-0.25, -0.2) is 0 Å². The summed E-state index contributed by atoms with van der Waals surface area (Å²) in [5, 5.41) is 0. The fourth-order valence-electron chi connectivity index (χ4n) is 0.276. The number of carbonyl (C=O) groups is 3. The lowest BCUT2D eigenvalue weighted by Gasteiger charge is -2.01. The van der Waals surface area contributed by atoms with Crippen LogP contribution in [0.5, 0.6) is 0 Å². The second-order valence-corrected chi connectivity index (χ2v) is 1.72. The van der Waals surface area contributed by atoms with Crippen LogP contribution in [0, 0.1) is 0 Å². The number of amides is 3. The maximum Gasteiger partial charge on any atom is 0.327 e. The minimum atomic E-state index is -1.14. The van der Waals surface area contributed by atoms with Gasteiger partial charge < -0.3 is 5.73 Å². The van der Waals surface area contributed by atoms with Gasteiger partial charge in [-0.2, -0.15) is 0 Å². The molecule has 0 aliphatic heterocycles. The molecular weight excluding hydrogens is 150 g/mol. The van der Waals surface area contributed by atoms with E-state index >= 15 is 0 Å². The maximum absolute atomic E-state index is 10.5. The van der Waals surface area contributed by atoms with E-state index in [1.165, 1.54) is 0 Å². The zero-order chi connectivity index (χ0) is 8.85. The van der Waals surface area contributed by atoms with E-state index in [1.807, 2.05) is 10.9 Å². The molecule has 0 rings (SSSR count). The summed E-state index contributed by atoms with van der Waals surface area (Å²) in [6.07, 6.45) is 0.221.